The van der Waals surface area contributed by atoms with Crippen molar-refractivity contribution in [3.63, 3.8) is 0 Å². The van der Waals surface area contributed by atoms with Crippen LogP contribution in [0.15, 0.2) is 0 Å². The summed E-state index contributed by atoms with van der Waals surface area (Å²) in [6.45, 7) is 2.48. The van der Waals surface area contributed by atoms with Crippen LogP contribution in [-0.4, -0.2) is 25.9 Å². The number of morpholine rings is 1. The number of ether oxygens (including phenoxy) is 1. The summed E-state index contributed by atoms with van der Waals surface area (Å²) in [6, 6.07) is 0. The molecule has 0 amide bonds. The summed E-state index contributed by atoms with van der Waals surface area (Å²) in [5.41, 5.74) is 5.35. The second-order valence-electron chi connectivity index (χ2n) is 5.45. The van der Waals surface area contributed by atoms with E-state index in [1.165, 1.54) is 0 Å². The summed E-state index contributed by atoms with van der Waals surface area (Å²) in [4.78, 5) is 0. The van der Waals surface area contributed by atoms with E-state index in [1.807, 2.05) is 0 Å². The molecule has 0 spiro atoms. The van der Waals surface area contributed by atoms with Crippen LogP contribution in [0, 0.1) is 7.43 Å². The van der Waals surface area contributed by atoms with E-state index < -0.39 is 31.2 Å². The third kappa shape index (κ3) is 586. The van der Waals surface area contributed by atoms with Gasteiger partial charge in [-0.1, -0.05) is 0 Å². The second kappa shape index (κ2) is 8.71. The number of hydrogen-bond donors (Lipinski definition) is 2. The molecule has 3 N–H and O–H groups in total. The monoisotopic (exact) mass is 694 g/mol. The zero-order chi connectivity index (χ0) is 30.7. The normalized spacial score (nSPS) is 24.4. The van der Waals surface area contributed by atoms with Crippen LogP contribution >= 0.6 is 31.2 Å². The smallest absolute Gasteiger partial charge is 0.361 e. The second-order valence-corrected chi connectivity index (χ2v) is 13.1. The van der Waals surface area contributed by atoms with Gasteiger partial charge in [0.2, 0.25) is 0 Å². The Kier molecular flexibility index (Phi) is 11.1. The minimum Gasteiger partial charge on any atom is -0.361 e. The van der Waals surface area contributed by atoms with E-state index in [0.29, 0.717) is 0 Å². The molecular weight excluding hydrogens is 684 g/mol. The van der Waals surface area contributed by atoms with E-state index in [4.69, 9.17) is 10.5 Å². The van der Waals surface area contributed by atoms with Gasteiger partial charge in [-0.2, -0.15) is 0 Å². The number of nitrogens with two attached hydrogens (primary N) is 1. The Bertz CT molecular complexity index is 522. The van der Waals surface area contributed by atoms with Gasteiger partial charge < -0.3 is 15.8 Å². The van der Waals surface area contributed by atoms with E-state index in [2.05, 4.69) is 5.32 Å². The topological polar surface area (TPSA) is 47.3 Å². The maximum absolute atomic E-state index is 10.7. The Morgan fingerprint density at radius 3 is 0.694 bits per heavy atom. The summed E-state index contributed by atoms with van der Waals surface area (Å²) < 4.78 is 242. The van der Waals surface area contributed by atoms with Gasteiger partial charge in [0.05, 0.1) is 6.61 Å². The molecular formula is C5H10F24N2OP4. The molecule has 0 aromatic carbocycles. The van der Waals surface area contributed by atoms with Crippen LogP contribution in [0.4, 0.5) is 101 Å². The Morgan fingerprint density at radius 1 is 0.472 bits per heavy atom. The molecule has 1 aliphatic heterocycles. The van der Waals surface area contributed by atoms with Gasteiger partial charge >= 0.3 is 139 Å². The van der Waals surface area contributed by atoms with Gasteiger partial charge in [0, 0.05) is 13.1 Å². The van der Waals surface area contributed by atoms with Gasteiger partial charge in [-0.25, -0.2) is 0 Å². The maximum atomic E-state index is 9.87. The molecule has 1 fully saturated rings. The van der Waals surface area contributed by atoms with Gasteiger partial charge in [-0.15, -0.1) is 0 Å². The van der Waals surface area contributed by atoms with Crippen molar-refractivity contribution >= 4 is 31.2 Å². The molecule has 0 radical (unpaired) electrons. The van der Waals surface area contributed by atoms with Crippen LogP contribution in [0.3, 0.4) is 0 Å². The van der Waals surface area contributed by atoms with Gasteiger partial charge in [-0.3, -0.25) is 0 Å². The zero-order valence-corrected chi connectivity index (χ0v) is 19.1. The van der Waals surface area contributed by atoms with Gasteiger partial charge in [-0.05, 0) is 0 Å². The van der Waals surface area contributed by atoms with Crippen molar-refractivity contribution < 1.29 is 105 Å². The average molecular weight is 694 g/mol. The third-order valence-corrected chi connectivity index (χ3v) is 0.956. The van der Waals surface area contributed by atoms with Crippen LogP contribution in [-0.2, 0) is 4.74 Å². The minimum absolute atomic E-state index is 0. The van der Waals surface area contributed by atoms with Crippen LogP contribution in [0.5, 0.6) is 0 Å². The molecule has 0 aliphatic carbocycles. The van der Waals surface area contributed by atoms with E-state index in [9.17, 15) is 101 Å². The molecule has 31 heteroatoms. The van der Waals surface area contributed by atoms with Crippen molar-refractivity contribution in [1.29, 1.82) is 0 Å². The standard InChI is InChI=1S/C4H10N2O.C.4F6P/c5-4-3-6-1-2-7-4;;4*1-7(2,3,4,5)6/h4,6H,1-3,5H2;;;;;/q;+4;4*-1. The molecule has 3 nitrogen and oxygen atoms in total. The molecule has 0 aromatic heterocycles. The molecule has 0 aromatic rings. The first-order valence-corrected chi connectivity index (χ1v) is 14.6. The van der Waals surface area contributed by atoms with Crippen LogP contribution in [0.1, 0.15) is 0 Å². The predicted octanol–water partition coefficient (Wildman–Crippen LogP) is 12.5. The average Bonchev–Trinajstić information content (AvgIpc) is 2.10. The number of rotatable bonds is 0. The van der Waals surface area contributed by atoms with Crippen molar-refractivity contribution in [3.05, 3.63) is 7.43 Å². The van der Waals surface area contributed by atoms with E-state index in [1.54, 1.807) is 0 Å². The molecule has 1 saturated heterocycles. The first kappa shape index (κ1) is 45.8. The van der Waals surface area contributed by atoms with Crippen molar-refractivity contribution in [2.45, 2.75) is 6.23 Å². The Morgan fingerprint density at radius 2 is 0.639 bits per heavy atom. The van der Waals surface area contributed by atoms with E-state index >= 15 is 0 Å². The van der Waals surface area contributed by atoms with Crippen molar-refractivity contribution in [1.82, 2.24) is 5.32 Å². The van der Waals surface area contributed by atoms with Gasteiger partial charge in [0.1, 0.15) is 6.23 Å². The predicted molar refractivity (Wildman–Crippen MR) is 84.3 cm³/mol. The Balaban J connectivity index is -0.000000110. The molecule has 1 heterocycles. The number of hydrogen-bond acceptors (Lipinski definition) is 3. The summed E-state index contributed by atoms with van der Waals surface area (Å²) in [5.74, 6) is 0. The van der Waals surface area contributed by atoms with E-state index in [-0.39, 0.29) is 13.7 Å². The maximum Gasteiger partial charge on any atom is 4.00 e. The number of halogens is 24. The van der Waals surface area contributed by atoms with Crippen LogP contribution in [0.2, 0.25) is 0 Å². The summed E-state index contributed by atoms with van der Waals surface area (Å²) >= 11 is 0. The summed E-state index contributed by atoms with van der Waals surface area (Å²) in [5, 5.41) is 3.08. The largest absolute Gasteiger partial charge is 4.00 e. The molecule has 1 aliphatic rings. The van der Waals surface area contributed by atoms with E-state index in [0.717, 1.165) is 19.7 Å². The van der Waals surface area contributed by atoms with Crippen molar-refractivity contribution in [2.24, 2.45) is 5.73 Å². The molecule has 1 rings (SSSR count). The van der Waals surface area contributed by atoms with Gasteiger partial charge in [0.15, 0.2) is 0 Å². The van der Waals surface area contributed by atoms with Crippen molar-refractivity contribution in [2.75, 3.05) is 19.7 Å². The zero-order valence-electron chi connectivity index (χ0n) is 15.5. The molecule has 1 atom stereocenters. The molecule has 36 heavy (non-hydrogen) atoms. The Labute approximate surface area is 182 Å². The molecule has 1 unspecified atom stereocenters. The van der Waals surface area contributed by atoms with Crippen molar-refractivity contribution in [3.8, 4) is 0 Å². The summed E-state index contributed by atoms with van der Waals surface area (Å²) in [7, 11) is -42.6. The number of nitrogens with one attached hydrogen (secondary N) is 1. The fraction of sp³-hybridized carbons (Fsp3) is 0.800. The first-order chi connectivity index (χ1) is 13.2. The van der Waals surface area contributed by atoms with Gasteiger partial charge in [0.25, 0.3) is 0 Å². The first-order valence-electron chi connectivity index (χ1n) is 6.53. The third-order valence-electron chi connectivity index (χ3n) is 0.956. The SMILES string of the molecule is F[P-](F)(F)(F)(F)F.F[P-](F)(F)(F)(F)F.F[P-](F)(F)(F)(F)F.F[P-](F)(F)(F)(F)F.NC1CNCCO1.[C+4]. The quantitative estimate of drug-likeness (QED) is 0.196. The van der Waals surface area contributed by atoms with Crippen LogP contribution < -0.4 is 11.1 Å². The molecule has 0 saturated carbocycles. The molecule has 234 valence electrons. The minimum atomic E-state index is -10.7. The Hall–Kier alpha value is -0.0800. The molecule has 0 bridgehead atoms. The van der Waals surface area contributed by atoms with Crippen LogP contribution in [0.25, 0.3) is 0 Å². The fourth-order valence-electron chi connectivity index (χ4n) is 0.586. The fourth-order valence-corrected chi connectivity index (χ4v) is 0.586. The summed E-state index contributed by atoms with van der Waals surface area (Å²) in [6.07, 6.45) is -0.0752.